The highest BCUT2D eigenvalue weighted by Gasteiger charge is 2.35. The lowest BCUT2D eigenvalue weighted by atomic mass is 9.93. The molecule has 0 bridgehead atoms. The highest BCUT2D eigenvalue weighted by Crippen LogP contribution is 2.37. The van der Waals surface area contributed by atoms with E-state index in [0.717, 1.165) is 5.56 Å². The number of ether oxygens (including phenoxy) is 3. The van der Waals surface area contributed by atoms with E-state index in [4.69, 9.17) is 19.2 Å². The Kier molecular flexibility index (Phi) is 7.90. The predicted octanol–water partition coefficient (Wildman–Crippen LogP) is 4.42. The minimum absolute atomic E-state index is 0.0364. The second-order valence-electron chi connectivity index (χ2n) is 8.76. The lowest BCUT2D eigenvalue weighted by Crippen LogP contribution is -2.40. The van der Waals surface area contributed by atoms with Crippen molar-refractivity contribution in [1.82, 2.24) is 4.57 Å². The Morgan fingerprint density at radius 1 is 1.10 bits per heavy atom. The van der Waals surface area contributed by atoms with Crippen LogP contribution in [-0.4, -0.2) is 36.5 Å². The van der Waals surface area contributed by atoms with Gasteiger partial charge in [-0.3, -0.25) is 9.36 Å². The number of carbonyl (C=O) groups is 1. The Hall–Kier alpha value is -4.15. The molecule has 1 aliphatic rings. The summed E-state index contributed by atoms with van der Waals surface area (Å²) >= 11 is 4.54. The molecule has 0 spiro atoms. The zero-order valence-electron chi connectivity index (χ0n) is 21.9. The van der Waals surface area contributed by atoms with Crippen molar-refractivity contribution >= 4 is 45.0 Å². The summed E-state index contributed by atoms with van der Waals surface area (Å²) in [7, 11) is 3.02. The molecule has 0 amide bonds. The van der Waals surface area contributed by atoms with E-state index in [0.29, 0.717) is 36.4 Å². The second kappa shape index (κ2) is 11.5. The second-order valence-corrected chi connectivity index (χ2v) is 10.6. The molecule has 1 aliphatic heterocycles. The van der Waals surface area contributed by atoms with Crippen LogP contribution in [0.15, 0.2) is 86.6 Å². The van der Waals surface area contributed by atoms with Crippen LogP contribution in [-0.2, 0) is 9.53 Å². The van der Waals surface area contributed by atoms with Crippen molar-refractivity contribution in [2.45, 2.75) is 13.0 Å². The van der Waals surface area contributed by atoms with Gasteiger partial charge in [0.1, 0.15) is 5.75 Å². The van der Waals surface area contributed by atoms with E-state index in [9.17, 15) is 14.7 Å². The number of aromatic hydroxyl groups is 1. The number of esters is 1. The maximum Gasteiger partial charge on any atom is 0.338 e. The van der Waals surface area contributed by atoms with Gasteiger partial charge in [0.05, 0.1) is 47.1 Å². The predicted molar refractivity (Wildman–Crippen MR) is 156 cm³/mol. The largest absolute Gasteiger partial charge is 0.503 e. The minimum atomic E-state index is -0.816. The summed E-state index contributed by atoms with van der Waals surface area (Å²) in [4.78, 5) is 32.8. The first kappa shape index (κ1) is 27.4. The van der Waals surface area contributed by atoms with Crippen LogP contribution in [0.4, 0.5) is 0 Å². The average Bonchev–Trinajstić information content (AvgIpc) is 3.28. The van der Waals surface area contributed by atoms with Crippen LogP contribution >= 0.6 is 27.3 Å². The molecule has 3 aromatic carbocycles. The molecule has 0 fully saturated rings. The highest BCUT2D eigenvalue weighted by atomic mass is 79.9. The number of aromatic nitrogens is 1. The van der Waals surface area contributed by atoms with E-state index in [1.807, 2.05) is 42.5 Å². The van der Waals surface area contributed by atoms with E-state index in [1.54, 1.807) is 44.4 Å². The van der Waals surface area contributed by atoms with Crippen LogP contribution in [0.2, 0.25) is 0 Å². The molecular weight excluding hydrogens is 596 g/mol. The fraction of sp³-hybridized carbons (Fsp3) is 0.167. The molecule has 2 heterocycles. The number of fused-ring (bicyclic) bond motifs is 1. The topological polar surface area (TPSA) is 99.4 Å². The van der Waals surface area contributed by atoms with Crippen molar-refractivity contribution < 1.29 is 24.1 Å². The molecule has 0 aliphatic carbocycles. The summed E-state index contributed by atoms with van der Waals surface area (Å²) in [6.07, 6.45) is 1.70. The van der Waals surface area contributed by atoms with Gasteiger partial charge in [-0.15, -0.1) is 0 Å². The fourth-order valence-electron chi connectivity index (χ4n) is 4.55. The number of phenolic OH excluding ortho intramolecular Hbond substituents is 1. The quantitative estimate of drug-likeness (QED) is 0.307. The molecule has 0 radical (unpaired) electrons. The average molecular weight is 622 g/mol. The summed E-state index contributed by atoms with van der Waals surface area (Å²) in [6, 6.07) is 19.1. The van der Waals surface area contributed by atoms with Gasteiger partial charge >= 0.3 is 5.97 Å². The van der Waals surface area contributed by atoms with Gasteiger partial charge in [0, 0.05) is 5.56 Å². The number of methoxy groups -OCH3 is 2. The van der Waals surface area contributed by atoms with Crippen LogP contribution in [0.5, 0.6) is 17.2 Å². The number of hydrogen-bond acceptors (Lipinski definition) is 8. The lowest BCUT2D eigenvalue weighted by molar-refractivity contribution is -0.138. The van der Waals surface area contributed by atoms with Crippen molar-refractivity contribution in [3.63, 3.8) is 0 Å². The van der Waals surface area contributed by atoms with Gasteiger partial charge in [-0.05, 0) is 64.3 Å². The number of benzene rings is 3. The Morgan fingerprint density at radius 3 is 2.58 bits per heavy atom. The monoisotopic (exact) mass is 620 g/mol. The first-order chi connectivity index (χ1) is 19.4. The van der Waals surface area contributed by atoms with Crippen molar-refractivity contribution in [1.29, 1.82) is 0 Å². The Morgan fingerprint density at radius 2 is 1.88 bits per heavy atom. The molecule has 5 rings (SSSR count). The molecule has 204 valence electrons. The van der Waals surface area contributed by atoms with Crippen LogP contribution < -0.4 is 24.4 Å². The molecule has 0 saturated heterocycles. The normalized spacial score (nSPS) is 14.9. The van der Waals surface area contributed by atoms with Gasteiger partial charge in [0.2, 0.25) is 0 Å². The number of rotatable bonds is 7. The maximum atomic E-state index is 14.0. The SMILES string of the molecule is CCOC(=O)C1=C(c2ccccc2)N=c2s/c(=C\c3cc(Br)c(O)c(OC)c3)c(=O)n2[C@@H]1c1cccc(OC)c1. The van der Waals surface area contributed by atoms with Gasteiger partial charge in [-0.25, -0.2) is 9.79 Å². The number of thiazole rings is 1. The third-order valence-electron chi connectivity index (χ3n) is 6.35. The summed E-state index contributed by atoms with van der Waals surface area (Å²) in [5, 5.41) is 10.2. The van der Waals surface area contributed by atoms with Crippen molar-refractivity contribution in [2.75, 3.05) is 20.8 Å². The summed E-state index contributed by atoms with van der Waals surface area (Å²) in [5.41, 5.74) is 2.41. The maximum absolute atomic E-state index is 14.0. The van der Waals surface area contributed by atoms with Crippen LogP contribution in [0, 0.1) is 0 Å². The Labute approximate surface area is 242 Å². The van der Waals surface area contributed by atoms with E-state index in [1.165, 1.54) is 23.0 Å². The Balaban J connectivity index is 1.83. The number of phenols is 1. The van der Waals surface area contributed by atoms with Gasteiger partial charge in [0.15, 0.2) is 16.3 Å². The number of nitrogens with zero attached hydrogens (tertiary/aromatic N) is 2. The van der Waals surface area contributed by atoms with E-state index < -0.39 is 12.0 Å². The smallest absolute Gasteiger partial charge is 0.338 e. The van der Waals surface area contributed by atoms with Crippen molar-refractivity contribution in [2.24, 2.45) is 4.99 Å². The number of hydrogen-bond donors (Lipinski definition) is 1. The molecule has 0 unspecified atom stereocenters. The highest BCUT2D eigenvalue weighted by molar-refractivity contribution is 9.10. The van der Waals surface area contributed by atoms with Crippen LogP contribution in [0.25, 0.3) is 11.8 Å². The molecule has 1 aromatic heterocycles. The summed E-state index contributed by atoms with van der Waals surface area (Å²) in [5.74, 6) is 0.255. The van der Waals surface area contributed by atoms with E-state index in [2.05, 4.69) is 15.9 Å². The third kappa shape index (κ3) is 5.07. The van der Waals surface area contributed by atoms with Gasteiger partial charge in [-0.1, -0.05) is 53.8 Å². The third-order valence-corrected chi connectivity index (χ3v) is 7.94. The standard InChI is InChI=1S/C30H25BrN2O6S/c1-4-39-29(36)24-25(18-9-6-5-7-10-18)32-30-33(26(24)19-11-8-12-20(16-19)37-2)28(35)23(40-30)15-17-13-21(31)27(34)22(14-17)38-3/h5-16,26,34H,4H2,1-3H3/b23-15-/t26-/m1/s1. The molecular formula is C30H25BrN2O6S. The number of halogens is 1. The zero-order chi connectivity index (χ0) is 28.4. The van der Waals surface area contributed by atoms with Crippen molar-refractivity contribution in [3.8, 4) is 17.2 Å². The lowest BCUT2D eigenvalue weighted by Gasteiger charge is -2.26. The molecule has 0 saturated carbocycles. The van der Waals surface area contributed by atoms with E-state index in [-0.39, 0.29) is 29.2 Å². The molecule has 1 N–H and O–H groups in total. The molecule has 8 nitrogen and oxygen atoms in total. The molecule has 1 atom stereocenters. The zero-order valence-corrected chi connectivity index (χ0v) is 24.3. The first-order valence-electron chi connectivity index (χ1n) is 12.3. The van der Waals surface area contributed by atoms with E-state index >= 15 is 0 Å². The summed E-state index contributed by atoms with van der Waals surface area (Å²) in [6.45, 7) is 1.90. The Bertz CT molecular complexity index is 1810. The molecule has 40 heavy (non-hydrogen) atoms. The fourth-order valence-corrected chi connectivity index (χ4v) is 6.01. The van der Waals surface area contributed by atoms with Crippen LogP contribution in [0.1, 0.15) is 29.7 Å². The van der Waals surface area contributed by atoms with Gasteiger partial charge in [0.25, 0.3) is 5.56 Å². The minimum Gasteiger partial charge on any atom is -0.503 e. The van der Waals surface area contributed by atoms with Crippen molar-refractivity contribution in [3.05, 3.63) is 113 Å². The van der Waals surface area contributed by atoms with Gasteiger partial charge in [-0.2, -0.15) is 0 Å². The molecule has 10 heteroatoms. The van der Waals surface area contributed by atoms with Crippen LogP contribution in [0.3, 0.4) is 0 Å². The number of carbonyl (C=O) groups excluding carboxylic acids is 1. The summed E-state index contributed by atoms with van der Waals surface area (Å²) < 4.78 is 18.6. The first-order valence-corrected chi connectivity index (χ1v) is 14.0. The van der Waals surface area contributed by atoms with Gasteiger partial charge < -0.3 is 19.3 Å². The molecule has 4 aromatic rings.